The minimum atomic E-state index is -0.561. The highest BCUT2D eigenvalue weighted by Gasteiger charge is 2.07. The molecule has 16 heavy (non-hydrogen) atoms. The molecule has 1 aliphatic rings. The summed E-state index contributed by atoms with van der Waals surface area (Å²) >= 11 is 0. The summed E-state index contributed by atoms with van der Waals surface area (Å²) in [6.45, 7) is 0. The zero-order chi connectivity index (χ0) is 11.5. The van der Waals surface area contributed by atoms with E-state index in [1.54, 1.807) is 30.4 Å². The first kappa shape index (κ1) is 10.2. The van der Waals surface area contributed by atoms with E-state index in [4.69, 9.17) is 0 Å². The largest absolute Gasteiger partial charge is 0.464 e. The van der Waals surface area contributed by atoms with Crippen LogP contribution < -0.4 is 16.0 Å². The van der Waals surface area contributed by atoms with Gasteiger partial charge in [0, 0.05) is 5.22 Å². The molecule has 0 saturated carbocycles. The Morgan fingerprint density at radius 2 is 2.12 bits per heavy atom. The number of fused-ring (bicyclic) bond motifs is 1. The minimum Gasteiger partial charge on any atom is -0.464 e. The van der Waals surface area contributed by atoms with Gasteiger partial charge in [-0.3, -0.25) is 4.79 Å². The highest BCUT2D eigenvalue weighted by molar-refractivity contribution is 5.87. The molecule has 0 saturated heterocycles. The third-order valence-electron chi connectivity index (χ3n) is 2.21. The topological polar surface area (TPSA) is 59.2 Å². The predicted octanol–water partition coefficient (Wildman–Crippen LogP) is -0.553. The summed E-state index contributed by atoms with van der Waals surface area (Å²) in [5.74, 6) is -0.561. The number of hydrogen-bond acceptors (Lipinski definition) is 3. The van der Waals surface area contributed by atoms with Gasteiger partial charge in [-0.1, -0.05) is 0 Å². The van der Waals surface area contributed by atoms with E-state index in [1.165, 1.54) is 7.11 Å². The van der Waals surface area contributed by atoms with E-state index in [0.29, 0.717) is 10.4 Å². The molecule has 0 aliphatic heterocycles. The summed E-state index contributed by atoms with van der Waals surface area (Å²) in [6, 6.07) is 1.58. The van der Waals surface area contributed by atoms with Gasteiger partial charge in [0.15, 0.2) is 0 Å². The monoisotopic (exact) mass is 215 g/mol. The maximum atomic E-state index is 11.7. The molecule has 0 bridgehead atoms. The number of aromatic nitrogens is 1. The number of aromatic amines is 1. The van der Waals surface area contributed by atoms with E-state index < -0.39 is 5.97 Å². The first-order valence-corrected chi connectivity index (χ1v) is 4.67. The molecular weight excluding hydrogens is 206 g/mol. The van der Waals surface area contributed by atoms with Crippen molar-refractivity contribution in [3.8, 4) is 0 Å². The average Bonchev–Trinajstić information content (AvgIpc) is 2.53. The van der Waals surface area contributed by atoms with Crippen molar-refractivity contribution in [3.63, 3.8) is 0 Å². The van der Waals surface area contributed by atoms with Gasteiger partial charge in [-0.2, -0.15) is 0 Å². The second-order valence-electron chi connectivity index (χ2n) is 3.21. The summed E-state index contributed by atoms with van der Waals surface area (Å²) in [5.41, 5.74) is 2.68. The fourth-order valence-corrected chi connectivity index (χ4v) is 1.44. The molecule has 0 radical (unpaired) electrons. The van der Waals surface area contributed by atoms with Crippen LogP contribution in [0.4, 0.5) is 0 Å². The lowest BCUT2D eigenvalue weighted by molar-refractivity contribution is 0.0593. The fourth-order valence-electron chi connectivity index (χ4n) is 1.44. The van der Waals surface area contributed by atoms with Crippen LogP contribution in [0.15, 0.2) is 28.7 Å². The number of methoxy groups -OCH3 is 1. The first-order chi connectivity index (χ1) is 7.72. The number of carbonyl (C=O) groups is 1. The molecule has 80 valence electrons. The molecule has 1 aliphatic carbocycles. The van der Waals surface area contributed by atoms with E-state index in [9.17, 15) is 9.59 Å². The Hall–Kier alpha value is -2.32. The zero-order valence-corrected chi connectivity index (χ0v) is 8.61. The van der Waals surface area contributed by atoms with Crippen LogP contribution >= 0.6 is 0 Å². The maximum absolute atomic E-state index is 11.7. The van der Waals surface area contributed by atoms with Crippen LogP contribution in [0.2, 0.25) is 0 Å². The number of pyridine rings is 1. The molecule has 4 heteroatoms. The second-order valence-corrected chi connectivity index (χ2v) is 3.21. The van der Waals surface area contributed by atoms with Crippen molar-refractivity contribution in [3.05, 3.63) is 50.4 Å². The van der Waals surface area contributed by atoms with Crippen molar-refractivity contribution in [1.29, 1.82) is 0 Å². The van der Waals surface area contributed by atoms with Crippen molar-refractivity contribution in [2.24, 2.45) is 0 Å². The van der Waals surface area contributed by atoms with Crippen LogP contribution in [0.5, 0.6) is 0 Å². The normalized spacial score (nSPS) is 12.1. The zero-order valence-electron chi connectivity index (χ0n) is 8.61. The molecule has 1 heterocycles. The van der Waals surface area contributed by atoms with Gasteiger partial charge < -0.3 is 9.72 Å². The number of carbonyl (C=O) groups excluding carboxylic acids is 1. The Morgan fingerprint density at radius 3 is 2.88 bits per heavy atom. The standard InChI is InChI=1S/C12H9NO3/c1-16-12(15)10-7-8-5-3-2-4-6-9(8)11(14)13-10/h3-7H,1H3,(H,13,14). The van der Waals surface area contributed by atoms with Crippen LogP contribution in [0.3, 0.4) is 0 Å². The third kappa shape index (κ3) is 1.74. The molecule has 1 N–H and O–H groups in total. The van der Waals surface area contributed by atoms with Crippen molar-refractivity contribution in [2.45, 2.75) is 0 Å². The number of rotatable bonds is 1. The summed E-state index contributed by atoms with van der Waals surface area (Å²) < 4.78 is 4.55. The molecule has 2 rings (SSSR count). The van der Waals surface area contributed by atoms with E-state index >= 15 is 0 Å². The fraction of sp³-hybridized carbons (Fsp3) is 0.0833. The van der Waals surface area contributed by atoms with E-state index in [-0.39, 0.29) is 11.3 Å². The van der Waals surface area contributed by atoms with Crippen LogP contribution in [-0.4, -0.2) is 18.1 Å². The van der Waals surface area contributed by atoms with Crippen molar-refractivity contribution < 1.29 is 9.53 Å². The van der Waals surface area contributed by atoms with Gasteiger partial charge in [0.1, 0.15) is 5.69 Å². The van der Waals surface area contributed by atoms with Gasteiger partial charge in [0.25, 0.3) is 5.56 Å². The number of hydrogen-bond donors (Lipinski definition) is 1. The van der Waals surface area contributed by atoms with Gasteiger partial charge in [-0.25, -0.2) is 4.79 Å². The minimum absolute atomic E-state index is 0.145. The lowest BCUT2D eigenvalue weighted by atomic mass is 10.2. The highest BCUT2D eigenvalue weighted by atomic mass is 16.5. The van der Waals surface area contributed by atoms with Gasteiger partial charge in [-0.15, -0.1) is 5.73 Å². The van der Waals surface area contributed by atoms with E-state index in [1.807, 2.05) is 0 Å². The molecule has 0 amide bonds. The summed E-state index contributed by atoms with van der Waals surface area (Å²) in [4.78, 5) is 25.4. The smallest absolute Gasteiger partial charge is 0.354 e. The van der Waals surface area contributed by atoms with Crippen LogP contribution in [-0.2, 0) is 4.74 Å². The predicted molar refractivity (Wildman–Crippen MR) is 59.2 cm³/mol. The first-order valence-electron chi connectivity index (χ1n) is 4.67. The second kappa shape index (κ2) is 4.04. The highest BCUT2D eigenvalue weighted by Crippen LogP contribution is 1.89. The number of nitrogens with one attached hydrogen (secondary N) is 1. The molecule has 0 atom stereocenters. The molecule has 0 unspecified atom stereocenters. The molecule has 4 nitrogen and oxygen atoms in total. The molecule has 1 aromatic heterocycles. The Morgan fingerprint density at radius 1 is 1.38 bits per heavy atom. The lowest BCUT2D eigenvalue weighted by Gasteiger charge is -1.98. The van der Waals surface area contributed by atoms with Crippen LogP contribution in [0.1, 0.15) is 10.5 Å². The quantitative estimate of drug-likeness (QED) is 0.505. The summed E-state index contributed by atoms with van der Waals surface area (Å²) in [7, 11) is 1.27. The lowest BCUT2D eigenvalue weighted by Crippen LogP contribution is -2.41. The third-order valence-corrected chi connectivity index (χ3v) is 2.21. The van der Waals surface area contributed by atoms with E-state index in [0.717, 1.165) is 0 Å². The van der Waals surface area contributed by atoms with Crippen molar-refractivity contribution in [1.82, 2.24) is 4.98 Å². The Labute approximate surface area is 90.9 Å². The van der Waals surface area contributed by atoms with Gasteiger partial charge >= 0.3 is 5.97 Å². The number of ether oxygens (including phenoxy) is 1. The molecular formula is C12H9NO3. The Kier molecular flexibility index (Phi) is 2.58. The summed E-state index contributed by atoms with van der Waals surface area (Å²) in [6.07, 6.45) is 6.70. The van der Waals surface area contributed by atoms with Crippen molar-refractivity contribution >= 4 is 18.1 Å². The number of esters is 1. The van der Waals surface area contributed by atoms with Gasteiger partial charge in [-0.05, 0) is 35.6 Å². The van der Waals surface area contributed by atoms with Gasteiger partial charge in [0.05, 0.1) is 7.11 Å². The molecule has 1 aromatic rings. The average molecular weight is 215 g/mol. The van der Waals surface area contributed by atoms with E-state index in [2.05, 4.69) is 15.5 Å². The maximum Gasteiger partial charge on any atom is 0.354 e. The molecule has 0 spiro atoms. The van der Waals surface area contributed by atoms with Gasteiger partial charge in [0.2, 0.25) is 0 Å². The Bertz CT molecular complexity index is 673. The summed E-state index contributed by atoms with van der Waals surface area (Å²) in [5, 5.41) is 1.18. The number of H-pyrrole nitrogens is 1. The molecule has 0 fully saturated rings. The van der Waals surface area contributed by atoms with Crippen LogP contribution in [0, 0.1) is 0 Å². The number of allylic oxidation sites excluding steroid dienone is 1. The molecule has 0 aromatic carbocycles. The SMILES string of the molecule is COC(=O)c1cc2c(c(=O)[nH]1)=CC=C=CC=2. The van der Waals surface area contributed by atoms with Crippen molar-refractivity contribution in [2.75, 3.05) is 7.11 Å². The Balaban J connectivity index is 2.79. The van der Waals surface area contributed by atoms with Crippen LogP contribution in [0.25, 0.3) is 12.2 Å².